The average molecular weight is 981 g/mol. The lowest BCUT2D eigenvalue weighted by Crippen LogP contribution is -2.74. The van der Waals surface area contributed by atoms with Crippen LogP contribution in [0.5, 0.6) is 0 Å². The molecule has 9 aromatic carbocycles. The Morgan fingerprint density at radius 3 is 1.59 bits per heavy atom. The largest absolute Gasteiger partial charge is 0.309 e. The van der Waals surface area contributed by atoms with E-state index in [2.05, 4.69) is 234 Å². The van der Waals surface area contributed by atoms with Crippen LogP contribution in [0.3, 0.4) is 0 Å². The zero-order valence-electron chi connectivity index (χ0n) is 41.5. The molecule has 4 fully saturated rings. The van der Waals surface area contributed by atoms with E-state index in [9.17, 15) is 5.26 Å². The van der Waals surface area contributed by atoms with Crippen molar-refractivity contribution in [3.63, 3.8) is 0 Å². The zero-order chi connectivity index (χ0) is 49.7. The first-order valence-electron chi connectivity index (χ1n) is 26.7. The topological polar surface area (TPSA) is 70.6 Å². The summed E-state index contributed by atoms with van der Waals surface area (Å²) in [6.07, 6.45) is 6.58. The molecule has 0 unspecified atom stereocenters. The third-order valence-electron chi connectivity index (χ3n) is 17.8. The van der Waals surface area contributed by atoms with Gasteiger partial charge in [0.15, 0.2) is 19.7 Å². The number of fused-ring (bicyclic) bond motifs is 5. The normalized spacial score (nSPS) is 19.0. The maximum absolute atomic E-state index is 10.0. The number of rotatable bonds is 8. The van der Waals surface area contributed by atoms with E-state index in [4.69, 9.17) is 15.0 Å². The van der Waals surface area contributed by atoms with Gasteiger partial charge in [-0.3, -0.25) is 4.90 Å². The van der Waals surface area contributed by atoms with Gasteiger partial charge in [0.2, 0.25) is 5.95 Å². The molecule has 0 atom stereocenters. The van der Waals surface area contributed by atoms with Crippen LogP contribution in [0.4, 0.5) is 17.3 Å². The average Bonchev–Trinajstić information content (AvgIpc) is 3.85. The molecule has 4 aliphatic carbocycles. The van der Waals surface area contributed by atoms with Crippen LogP contribution < -0.4 is 25.6 Å². The monoisotopic (exact) mass is 980 g/mol. The van der Waals surface area contributed by atoms with E-state index in [1.807, 2.05) is 12.1 Å². The van der Waals surface area contributed by atoms with Gasteiger partial charge in [-0.15, -0.1) is 0 Å². The third kappa shape index (κ3) is 6.52. The molecule has 16 rings (SSSR count). The van der Waals surface area contributed by atoms with Gasteiger partial charge in [-0.25, -0.2) is 4.98 Å². The van der Waals surface area contributed by atoms with E-state index in [0.29, 0.717) is 35.0 Å². The Bertz CT molecular complexity index is 3890. The van der Waals surface area contributed by atoms with E-state index < -0.39 is 8.07 Å². The van der Waals surface area contributed by atoms with Gasteiger partial charge in [-0.05, 0) is 136 Å². The SMILES string of the molecule is N#Cc1ccc2c(c1)c1ccccc1n2-c1ccccc1-c1nc(-c2cccc([Si](c3ccccc3)(c3ccccc3)c3ccccc3)c2)nc(N2c3ccccc3C3(c4ccccc42)C2CC4CC(C2)CC3C4)n1. The van der Waals surface area contributed by atoms with Gasteiger partial charge in [0.1, 0.15) is 0 Å². The smallest absolute Gasteiger partial charge is 0.238 e. The van der Waals surface area contributed by atoms with Crippen LogP contribution >= 0.6 is 0 Å². The molecular formula is C68H52N6Si. The lowest BCUT2D eigenvalue weighted by Gasteiger charge is -2.64. The number of anilines is 3. The summed E-state index contributed by atoms with van der Waals surface area (Å²) in [5.41, 5.74) is 10.5. The fourth-order valence-corrected chi connectivity index (χ4v) is 20.0. The summed E-state index contributed by atoms with van der Waals surface area (Å²) >= 11 is 0. The highest BCUT2D eigenvalue weighted by atomic mass is 28.3. The van der Waals surface area contributed by atoms with Gasteiger partial charge in [0.25, 0.3) is 0 Å². The van der Waals surface area contributed by atoms with Crippen molar-refractivity contribution in [1.29, 1.82) is 5.26 Å². The number of hydrogen-bond donors (Lipinski definition) is 0. The second-order valence-corrected chi connectivity index (χ2v) is 25.3. The second-order valence-electron chi connectivity index (χ2n) is 21.5. The van der Waals surface area contributed by atoms with Crippen molar-refractivity contribution in [1.82, 2.24) is 19.5 Å². The van der Waals surface area contributed by atoms with Gasteiger partial charge in [-0.2, -0.15) is 15.2 Å². The molecule has 0 saturated heterocycles. The van der Waals surface area contributed by atoms with Crippen LogP contribution in [0.15, 0.2) is 231 Å². The minimum Gasteiger partial charge on any atom is -0.309 e. The maximum Gasteiger partial charge on any atom is 0.238 e. The van der Waals surface area contributed by atoms with Crippen molar-refractivity contribution in [2.75, 3.05) is 4.90 Å². The van der Waals surface area contributed by atoms with Crippen molar-refractivity contribution in [2.45, 2.75) is 37.5 Å². The predicted octanol–water partition coefficient (Wildman–Crippen LogP) is 13.1. The van der Waals surface area contributed by atoms with E-state index in [0.717, 1.165) is 61.8 Å². The molecule has 1 aliphatic heterocycles. The van der Waals surface area contributed by atoms with E-state index in [-0.39, 0.29) is 5.41 Å². The molecule has 0 N–H and O–H groups in total. The first-order valence-corrected chi connectivity index (χ1v) is 28.7. The second kappa shape index (κ2) is 17.2. The quantitative estimate of drug-likeness (QED) is 0.112. The van der Waals surface area contributed by atoms with Gasteiger partial charge >= 0.3 is 0 Å². The molecule has 358 valence electrons. The Labute approximate surface area is 438 Å². The van der Waals surface area contributed by atoms with E-state index >= 15 is 0 Å². The van der Waals surface area contributed by atoms with Crippen LogP contribution in [-0.2, 0) is 5.41 Å². The van der Waals surface area contributed by atoms with Crippen LogP contribution in [0.25, 0.3) is 50.3 Å². The Hall–Kier alpha value is -8.70. The first kappa shape index (κ1) is 43.8. The van der Waals surface area contributed by atoms with Crippen LogP contribution in [0, 0.1) is 35.0 Å². The van der Waals surface area contributed by atoms with Crippen LogP contribution in [0.1, 0.15) is 48.8 Å². The molecule has 1 spiro atoms. The minimum atomic E-state index is -2.93. The number of nitrogens with zero attached hydrogens (tertiary/aromatic N) is 6. The van der Waals surface area contributed by atoms with Crippen molar-refractivity contribution in [2.24, 2.45) is 23.7 Å². The summed E-state index contributed by atoms with van der Waals surface area (Å²) in [7, 11) is -2.93. The van der Waals surface area contributed by atoms with Gasteiger partial charge in [0.05, 0.1) is 39.7 Å². The molecule has 7 heteroatoms. The fraction of sp³-hybridized carbons (Fsp3) is 0.147. The van der Waals surface area contributed by atoms with Gasteiger partial charge < -0.3 is 4.57 Å². The van der Waals surface area contributed by atoms with Gasteiger partial charge in [0, 0.05) is 27.3 Å². The summed E-state index contributed by atoms with van der Waals surface area (Å²) in [5.74, 6) is 4.62. The molecule has 4 bridgehead atoms. The van der Waals surface area contributed by atoms with E-state index in [1.54, 1.807) is 0 Å². The number of nitriles is 1. The molecule has 0 amide bonds. The molecule has 3 heterocycles. The van der Waals surface area contributed by atoms with Crippen LogP contribution in [0.2, 0.25) is 0 Å². The molecule has 11 aromatic rings. The summed E-state index contributed by atoms with van der Waals surface area (Å²) in [6.45, 7) is 0. The number of aromatic nitrogens is 4. The Kier molecular flexibility index (Phi) is 10.1. The van der Waals surface area contributed by atoms with Crippen molar-refractivity contribution in [3.8, 4) is 34.5 Å². The summed E-state index contributed by atoms with van der Waals surface area (Å²) in [6, 6.07) is 86.1. The molecule has 75 heavy (non-hydrogen) atoms. The maximum atomic E-state index is 10.0. The highest BCUT2D eigenvalue weighted by Gasteiger charge is 2.61. The molecule has 2 aromatic heterocycles. The Morgan fingerprint density at radius 1 is 0.440 bits per heavy atom. The van der Waals surface area contributed by atoms with E-state index in [1.165, 1.54) is 64.0 Å². The Morgan fingerprint density at radius 2 is 0.960 bits per heavy atom. The Balaban J connectivity index is 0.994. The minimum absolute atomic E-state index is 0.0705. The van der Waals surface area contributed by atoms with Gasteiger partial charge in [-0.1, -0.05) is 182 Å². The number of hydrogen-bond acceptors (Lipinski definition) is 5. The zero-order valence-corrected chi connectivity index (χ0v) is 42.5. The molecule has 5 aliphatic rings. The molecule has 6 nitrogen and oxygen atoms in total. The highest BCUT2D eigenvalue weighted by Crippen LogP contribution is 2.69. The number of para-hydroxylation sites is 4. The third-order valence-corrected chi connectivity index (χ3v) is 22.6. The highest BCUT2D eigenvalue weighted by molar-refractivity contribution is 7.19. The summed E-state index contributed by atoms with van der Waals surface area (Å²) in [5, 5.41) is 17.3. The predicted molar refractivity (Wildman–Crippen MR) is 306 cm³/mol. The van der Waals surface area contributed by atoms with Crippen molar-refractivity contribution < 1.29 is 0 Å². The van der Waals surface area contributed by atoms with Crippen molar-refractivity contribution in [3.05, 3.63) is 247 Å². The standard InChI is InChI=1S/C68H52N6Si/c69-44-45-35-36-62-57(42-45)55-27-10-14-31-60(55)73(62)61-32-15-11-28-56(61)66-70-65(48-19-18-26-54(43-48)75(51-20-4-1-5-21-51,52-22-6-2-7-23-52)53-24-8-3-9-25-53)71-67(72-66)74-63-33-16-12-29-58(63)68(59-30-13-17-34-64(59)74)49-38-46-37-47(40-49)41-50(68)39-46/h1-36,42-43,46-47,49-50H,37-41H2. The summed E-state index contributed by atoms with van der Waals surface area (Å²) in [4.78, 5) is 19.4. The van der Waals surface area contributed by atoms with Crippen LogP contribution in [-0.4, -0.2) is 27.6 Å². The van der Waals surface area contributed by atoms with Crippen molar-refractivity contribution >= 4 is 67.9 Å². The molecule has 4 saturated carbocycles. The first-order chi connectivity index (χ1) is 37.1. The summed E-state index contributed by atoms with van der Waals surface area (Å²) < 4.78 is 2.31. The molecular weight excluding hydrogens is 929 g/mol. The fourth-order valence-electron chi connectivity index (χ4n) is 15.2. The molecule has 0 radical (unpaired) electrons. The lowest BCUT2D eigenvalue weighted by atomic mass is 9.41. The number of benzene rings is 9. The lowest BCUT2D eigenvalue weighted by molar-refractivity contribution is -0.0419.